The molecule has 0 saturated heterocycles. The molecule has 1 rings (SSSR count). The van der Waals surface area contributed by atoms with Gasteiger partial charge in [-0.1, -0.05) is 18.1 Å². The van der Waals surface area contributed by atoms with Crippen LogP contribution < -0.4 is 0 Å². The number of rotatable bonds is 1. The summed E-state index contributed by atoms with van der Waals surface area (Å²) in [5.74, 6) is -0.557. The molecule has 0 amide bonds. The zero-order chi connectivity index (χ0) is 9.30. The molecular weight excluding hydrogens is 152 g/mol. The number of carboxylic acids is 1. The van der Waals surface area contributed by atoms with Crippen molar-refractivity contribution in [3.05, 3.63) is 11.1 Å². The lowest BCUT2D eigenvalue weighted by atomic mass is 9.93. The first-order valence-electron chi connectivity index (χ1n) is 4.43. The van der Waals surface area contributed by atoms with E-state index >= 15 is 0 Å². The van der Waals surface area contributed by atoms with Gasteiger partial charge in [-0.05, 0) is 32.6 Å². The number of aliphatic carboxylic acids is 1. The highest BCUT2D eigenvalue weighted by Gasteiger charge is 2.34. The molecule has 1 fully saturated rings. The van der Waals surface area contributed by atoms with E-state index in [1.807, 2.05) is 20.8 Å². The first-order valence-corrected chi connectivity index (χ1v) is 4.43. The molecule has 1 N–H and O–H groups in total. The summed E-state index contributed by atoms with van der Waals surface area (Å²) in [6.45, 7) is 6.03. The molecule has 0 spiro atoms. The van der Waals surface area contributed by atoms with Crippen LogP contribution in [0, 0.1) is 11.8 Å². The normalized spacial score (nSPS) is 29.1. The van der Waals surface area contributed by atoms with Crippen LogP contribution in [0.15, 0.2) is 11.1 Å². The van der Waals surface area contributed by atoms with E-state index in [0.717, 1.165) is 18.4 Å². The van der Waals surface area contributed by atoms with Gasteiger partial charge in [0.15, 0.2) is 0 Å². The van der Waals surface area contributed by atoms with Crippen LogP contribution in [0.2, 0.25) is 0 Å². The Morgan fingerprint density at radius 3 is 2.42 bits per heavy atom. The zero-order valence-corrected chi connectivity index (χ0v) is 7.92. The third kappa shape index (κ3) is 1.52. The van der Waals surface area contributed by atoms with E-state index in [1.54, 1.807) is 0 Å². The number of allylic oxidation sites excluding steroid dienone is 1. The van der Waals surface area contributed by atoms with E-state index in [1.165, 1.54) is 5.57 Å². The smallest absolute Gasteiger partial charge is 0.310 e. The van der Waals surface area contributed by atoms with Crippen LogP contribution in [0.5, 0.6) is 0 Å². The number of hydrogen-bond donors (Lipinski definition) is 1. The topological polar surface area (TPSA) is 37.3 Å². The Morgan fingerprint density at radius 2 is 2.08 bits per heavy atom. The van der Waals surface area contributed by atoms with Crippen molar-refractivity contribution in [3.63, 3.8) is 0 Å². The minimum Gasteiger partial charge on any atom is -0.481 e. The minimum absolute atomic E-state index is 0.213. The van der Waals surface area contributed by atoms with Gasteiger partial charge in [-0.3, -0.25) is 4.79 Å². The van der Waals surface area contributed by atoms with Crippen molar-refractivity contribution in [1.82, 2.24) is 0 Å². The van der Waals surface area contributed by atoms with Crippen molar-refractivity contribution in [2.24, 2.45) is 11.8 Å². The molecule has 2 heteroatoms. The maximum absolute atomic E-state index is 10.9. The number of hydrogen-bond acceptors (Lipinski definition) is 1. The molecule has 0 heterocycles. The molecule has 1 aliphatic carbocycles. The maximum Gasteiger partial charge on any atom is 0.310 e. The van der Waals surface area contributed by atoms with E-state index in [0.29, 0.717) is 5.92 Å². The second kappa shape index (κ2) is 3.30. The van der Waals surface area contributed by atoms with Crippen LogP contribution in [-0.4, -0.2) is 11.1 Å². The highest BCUT2D eigenvalue weighted by Crippen LogP contribution is 2.38. The van der Waals surface area contributed by atoms with Crippen molar-refractivity contribution in [2.45, 2.75) is 33.6 Å². The van der Waals surface area contributed by atoms with Gasteiger partial charge in [-0.25, -0.2) is 0 Å². The second-order valence-electron chi connectivity index (χ2n) is 3.86. The average Bonchev–Trinajstić information content (AvgIpc) is 2.30. The highest BCUT2D eigenvalue weighted by atomic mass is 16.4. The lowest BCUT2D eigenvalue weighted by molar-refractivity contribution is -0.141. The van der Waals surface area contributed by atoms with Gasteiger partial charge in [-0.15, -0.1) is 0 Å². The van der Waals surface area contributed by atoms with Gasteiger partial charge in [0.1, 0.15) is 0 Å². The maximum atomic E-state index is 10.9. The monoisotopic (exact) mass is 168 g/mol. The molecule has 0 aliphatic heterocycles. The fourth-order valence-corrected chi connectivity index (χ4v) is 2.00. The summed E-state index contributed by atoms with van der Waals surface area (Å²) >= 11 is 0. The lowest BCUT2D eigenvalue weighted by Crippen LogP contribution is -2.18. The average molecular weight is 168 g/mol. The quantitative estimate of drug-likeness (QED) is 0.610. The molecule has 0 aromatic carbocycles. The highest BCUT2D eigenvalue weighted by molar-refractivity contribution is 5.75. The predicted octanol–water partition coefficient (Wildman–Crippen LogP) is 2.45. The Hall–Kier alpha value is -0.790. The van der Waals surface area contributed by atoms with Crippen molar-refractivity contribution >= 4 is 5.97 Å². The second-order valence-corrected chi connectivity index (χ2v) is 3.86. The van der Waals surface area contributed by atoms with Gasteiger partial charge >= 0.3 is 5.97 Å². The Bertz CT molecular complexity index is 224. The Labute approximate surface area is 73.3 Å². The molecule has 1 aliphatic rings. The van der Waals surface area contributed by atoms with Gasteiger partial charge in [0.2, 0.25) is 0 Å². The van der Waals surface area contributed by atoms with E-state index in [-0.39, 0.29) is 5.92 Å². The fourth-order valence-electron chi connectivity index (χ4n) is 2.00. The molecule has 68 valence electrons. The first-order chi connectivity index (χ1) is 5.54. The third-order valence-corrected chi connectivity index (χ3v) is 2.72. The Morgan fingerprint density at radius 1 is 1.50 bits per heavy atom. The summed E-state index contributed by atoms with van der Waals surface area (Å²) in [4.78, 5) is 10.9. The fraction of sp³-hybridized carbons (Fsp3) is 0.700. The van der Waals surface area contributed by atoms with Crippen LogP contribution in [0.1, 0.15) is 33.6 Å². The Balaban J connectivity index is 2.93. The summed E-state index contributed by atoms with van der Waals surface area (Å²) in [6.07, 6.45) is 2.00. The van der Waals surface area contributed by atoms with Crippen LogP contribution in [0.4, 0.5) is 0 Å². The Kier molecular flexibility index (Phi) is 2.55. The largest absolute Gasteiger partial charge is 0.481 e. The van der Waals surface area contributed by atoms with Crippen LogP contribution >= 0.6 is 0 Å². The van der Waals surface area contributed by atoms with Crippen molar-refractivity contribution < 1.29 is 9.90 Å². The van der Waals surface area contributed by atoms with E-state index in [2.05, 4.69) is 0 Å². The van der Waals surface area contributed by atoms with Crippen LogP contribution in [0.3, 0.4) is 0 Å². The minimum atomic E-state index is -0.656. The van der Waals surface area contributed by atoms with E-state index < -0.39 is 5.97 Å². The molecule has 0 aromatic rings. The molecule has 0 bridgehead atoms. The molecule has 12 heavy (non-hydrogen) atoms. The van der Waals surface area contributed by atoms with E-state index in [9.17, 15) is 4.79 Å². The predicted molar refractivity (Wildman–Crippen MR) is 47.9 cm³/mol. The molecule has 0 unspecified atom stereocenters. The molecule has 0 radical (unpaired) electrons. The zero-order valence-electron chi connectivity index (χ0n) is 7.92. The molecule has 2 nitrogen and oxygen atoms in total. The molecule has 1 saturated carbocycles. The van der Waals surface area contributed by atoms with Crippen molar-refractivity contribution in [3.8, 4) is 0 Å². The number of carbonyl (C=O) groups is 1. The van der Waals surface area contributed by atoms with Gasteiger partial charge in [0, 0.05) is 0 Å². The van der Waals surface area contributed by atoms with Gasteiger partial charge < -0.3 is 5.11 Å². The van der Waals surface area contributed by atoms with Crippen molar-refractivity contribution in [2.75, 3.05) is 0 Å². The summed E-state index contributed by atoms with van der Waals surface area (Å²) < 4.78 is 0. The summed E-state index contributed by atoms with van der Waals surface area (Å²) in [5.41, 5.74) is 2.33. The SMILES string of the molecule is CC(C)=C1CC[C@@H](C)[C@H]1C(=O)O. The van der Waals surface area contributed by atoms with Gasteiger partial charge in [0.25, 0.3) is 0 Å². The lowest BCUT2D eigenvalue weighted by Gasteiger charge is -2.12. The van der Waals surface area contributed by atoms with Crippen LogP contribution in [-0.2, 0) is 4.79 Å². The summed E-state index contributed by atoms with van der Waals surface area (Å²) in [6, 6.07) is 0. The van der Waals surface area contributed by atoms with Gasteiger partial charge in [-0.2, -0.15) is 0 Å². The molecule has 0 aromatic heterocycles. The van der Waals surface area contributed by atoms with Crippen molar-refractivity contribution in [1.29, 1.82) is 0 Å². The van der Waals surface area contributed by atoms with Crippen LogP contribution in [0.25, 0.3) is 0 Å². The summed E-state index contributed by atoms with van der Waals surface area (Å²) in [5, 5.41) is 8.97. The molecule has 2 atom stereocenters. The first kappa shape index (κ1) is 9.30. The number of carboxylic acid groups (broad SMARTS) is 1. The summed E-state index contributed by atoms with van der Waals surface area (Å²) in [7, 11) is 0. The van der Waals surface area contributed by atoms with Gasteiger partial charge in [0.05, 0.1) is 5.92 Å². The molecular formula is C10H16O2. The van der Waals surface area contributed by atoms with E-state index in [4.69, 9.17) is 5.11 Å². The third-order valence-electron chi connectivity index (χ3n) is 2.72. The standard InChI is InChI=1S/C10H16O2/c1-6(2)8-5-4-7(3)9(8)10(11)12/h7,9H,4-5H2,1-3H3,(H,11,12)/t7-,9-/m1/s1.